The number of hydrogen-bond donors (Lipinski definition) is 2. The Bertz CT molecular complexity index is 101. The third kappa shape index (κ3) is 1.66. The van der Waals surface area contributed by atoms with Gasteiger partial charge in [-0.2, -0.15) is 0 Å². The highest BCUT2D eigenvalue weighted by Crippen LogP contribution is 2.21. The fraction of sp³-hybridized carbons (Fsp3) is 1.00. The molecule has 2 N–H and O–H groups in total. The summed E-state index contributed by atoms with van der Waals surface area (Å²) in [6.45, 7) is 4.62. The normalized spacial score (nSPS) is 33.0. The molecule has 0 saturated carbocycles. The minimum absolute atomic E-state index is 0.257. The van der Waals surface area contributed by atoms with Crippen LogP contribution in [0.2, 0.25) is 0 Å². The third-order valence-corrected chi connectivity index (χ3v) is 1.93. The van der Waals surface area contributed by atoms with E-state index in [1.54, 1.807) is 0 Å². The molecule has 1 fully saturated rings. The van der Waals surface area contributed by atoms with E-state index < -0.39 is 0 Å². The lowest BCUT2D eigenvalue weighted by atomic mass is 10.0. The van der Waals surface area contributed by atoms with E-state index in [0.29, 0.717) is 6.04 Å². The second kappa shape index (κ2) is 2.27. The molecule has 0 spiro atoms. The van der Waals surface area contributed by atoms with Gasteiger partial charge in [0.05, 0.1) is 6.61 Å². The Morgan fingerprint density at radius 2 is 2.33 bits per heavy atom. The van der Waals surface area contributed by atoms with Gasteiger partial charge in [0, 0.05) is 11.6 Å². The Morgan fingerprint density at radius 3 is 2.56 bits per heavy atom. The predicted molar refractivity (Wildman–Crippen MR) is 37.3 cm³/mol. The van der Waals surface area contributed by atoms with Crippen LogP contribution in [0.4, 0.5) is 0 Å². The fourth-order valence-electron chi connectivity index (χ4n) is 1.37. The molecular formula is C7H15NO. The zero-order valence-corrected chi connectivity index (χ0v) is 6.15. The molecule has 1 aliphatic heterocycles. The van der Waals surface area contributed by atoms with Crippen LogP contribution in [-0.2, 0) is 0 Å². The molecular weight excluding hydrogens is 114 g/mol. The molecule has 1 heterocycles. The Morgan fingerprint density at radius 1 is 1.67 bits per heavy atom. The summed E-state index contributed by atoms with van der Waals surface area (Å²) in [4.78, 5) is 0. The van der Waals surface area contributed by atoms with Gasteiger partial charge in [0.2, 0.25) is 0 Å². The summed E-state index contributed by atoms with van der Waals surface area (Å²) in [6.07, 6.45) is 2.29. The van der Waals surface area contributed by atoms with Crippen molar-refractivity contribution in [3.05, 3.63) is 0 Å². The van der Waals surface area contributed by atoms with Crippen LogP contribution >= 0.6 is 0 Å². The first kappa shape index (κ1) is 7.03. The lowest BCUT2D eigenvalue weighted by molar-refractivity contribution is 0.245. The van der Waals surface area contributed by atoms with Gasteiger partial charge in [0.25, 0.3) is 0 Å². The molecule has 2 heteroatoms. The minimum Gasteiger partial charge on any atom is -0.395 e. The summed E-state index contributed by atoms with van der Waals surface area (Å²) in [5.74, 6) is 0. The molecule has 54 valence electrons. The lowest BCUT2D eigenvalue weighted by Gasteiger charge is -2.18. The molecule has 0 bridgehead atoms. The number of aliphatic hydroxyl groups is 1. The molecule has 1 saturated heterocycles. The largest absolute Gasteiger partial charge is 0.395 e. The van der Waals surface area contributed by atoms with Crippen molar-refractivity contribution in [3.63, 3.8) is 0 Å². The first-order valence-electron chi connectivity index (χ1n) is 3.52. The van der Waals surface area contributed by atoms with E-state index in [4.69, 9.17) is 5.11 Å². The topological polar surface area (TPSA) is 32.3 Å². The van der Waals surface area contributed by atoms with E-state index >= 15 is 0 Å². The van der Waals surface area contributed by atoms with Crippen LogP contribution in [0, 0.1) is 0 Å². The number of hydrogen-bond acceptors (Lipinski definition) is 2. The Labute approximate surface area is 56.3 Å². The third-order valence-electron chi connectivity index (χ3n) is 1.93. The van der Waals surface area contributed by atoms with E-state index in [1.165, 1.54) is 6.42 Å². The highest BCUT2D eigenvalue weighted by Gasteiger charge is 2.28. The van der Waals surface area contributed by atoms with Gasteiger partial charge in [-0.3, -0.25) is 0 Å². The van der Waals surface area contributed by atoms with Crippen molar-refractivity contribution < 1.29 is 5.11 Å². The SMILES string of the molecule is CC1(C)CC[C@H](CO)N1. The lowest BCUT2D eigenvalue weighted by Crippen LogP contribution is -2.38. The average Bonchev–Trinajstić information content (AvgIpc) is 2.10. The van der Waals surface area contributed by atoms with Crippen LogP contribution in [-0.4, -0.2) is 23.3 Å². The Hall–Kier alpha value is -0.0800. The van der Waals surface area contributed by atoms with Gasteiger partial charge in [-0.15, -0.1) is 0 Å². The summed E-state index contributed by atoms with van der Waals surface area (Å²) in [5, 5.41) is 12.1. The minimum atomic E-state index is 0.257. The van der Waals surface area contributed by atoms with Crippen molar-refractivity contribution in [2.75, 3.05) is 6.61 Å². The first-order valence-corrected chi connectivity index (χ1v) is 3.52. The monoisotopic (exact) mass is 129 g/mol. The van der Waals surface area contributed by atoms with Crippen molar-refractivity contribution in [2.45, 2.75) is 38.3 Å². The molecule has 0 amide bonds. The maximum atomic E-state index is 8.74. The molecule has 0 unspecified atom stereocenters. The molecule has 0 aliphatic carbocycles. The van der Waals surface area contributed by atoms with Crippen LogP contribution in [0.3, 0.4) is 0 Å². The van der Waals surface area contributed by atoms with E-state index in [-0.39, 0.29) is 12.1 Å². The quantitative estimate of drug-likeness (QED) is 0.540. The number of nitrogens with one attached hydrogen (secondary N) is 1. The molecule has 2 nitrogen and oxygen atoms in total. The summed E-state index contributed by atoms with van der Waals surface area (Å²) in [5.41, 5.74) is 0.257. The summed E-state index contributed by atoms with van der Waals surface area (Å²) in [6, 6.07) is 0.347. The van der Waals surface area contributed by atoms with E-state index in [2.05, 4.69) is 19.2 Å². The van der Waals surface area contributed by atoms with Gasteiger partial charge < -0.3 is 10.4 Å². The molecule has 1 aliphatic rings. The fourth-order valence-corrected chi connectivity index (χ4v) is 1.37. The van der Waals surface area contributed by atoms with Gasteiger partial charge in [-0.25, -0.2) is 0 Å². The zero-order valence-electron chi connectivity index (χ0n) is 6.15. The predicted octanol–water partition coefficient (Wildman–Crippen LogP) is 0.509. The highest BCUT2D eigenvalue weighted by molar-refractivity contribution is 4.90. The standard InChI is InChI=1S/C7H15NO/c1-7(2)4-3-6(5-9)8-7/h6,8-9H,3-5H2,1-2H3/t6-/m1/s1. The smallest absolute Gasteiger partial charge is 0.0584 e. The average molecular weight is 129 g/mol. The zero-order chi connectivity index (χ0) is 6.91. The van der Waals surface area contributed by atoms with Crippen molar-refractivity contribution >= 4 is 0 Å². The van der Waals surface area contributed by atoms with Crippen molar-refractivity contribution in [1.82, 2.24) is 5.32 Å². The van der Waals surface area contributed by atoms with Crippen LogP contribution in [0.5, 0.6) is 0 Å². The number of rotatable bonds is 1. The molecule has 1 atom stereocenters. The van der Waals surface area contributed by atoms with Gasteiger partial charge in [-0.1, -0.05) is 0 Å². The van der Waals surface area contributed by atoms with Gasteiger partial charge in [-0.05, 0) is 26.7 Å². The molecule has 0 aromatic rings. The second-order valence-corrected chi connectivity index (χ2v) is 3.45. The van der Waals surface area contributed by atoms with Crippen molar-refractivity contribution in [1.29, 1.82) is 0 Å². The van der Waals surface area contributed by atoms with Crippen LogP contribution in [0.25, 0.3) is 0 Å². The molecule has 9 heavy (non-hydrogen) atoms. The molecule has 0 radical (unpaired) electrons. The van der Waals surface area contributed by atoms with Gasteiger partial charge in [0.1, 0.15) is 0 Å². The van der Waals surface area contributed by atoms with Crippen LogP contribution in [0.15, 0.2) is 0 Å². The van der Waals surface area contributed by atoms with E-state index in [1.807, 2.05) is 0 Å². The van der Waals surface area contributed by atoms with Crippen molar-refractivity contribution in [2.24, 2.45) is 0 Å². The Balaban J connectivity index is 2.38. The maximum Gasteiger partial charge on any atom is 0.0584 e. The van der Waals surface area contributed by atoms with E-state index in [0.717, 1.165) is 6.42 Å². The first-order chi connectivity index (χ1) is 4.14. The van der Waals surface area contributed by atoms with E-state index in [9.17, 15) is 0 Å². The van der Waals surface area contributed by atoms with Crippen molar-refractivity contribution in [3.8, 4) is 0 Å². The Kier molecular flexibility index (Phi) is 1.78. The summed E-state index contributed by atoms with van der Waals surface area (Å²) < 4.78 is 0. The molecule has 1 rings (SSSR count). The van der Waals surface area contributed by atoms with Gasteiger partial charge >= 0.3 is 0 Å². The van der Waals surface area contributed by atoms with Crippen LogP contribution < -0.4 is 5.32 Å². The summed E-state index contributed by atoms with van der Waals surface area (Å²) in [7, 11) is 0. The number of aliphatic hydroxyl groups excluding tert-OH is 1. The highest BCUT2D eigenvalue weighted by atomic mass is 16.3. The second-order valence-electron chi connectivity index (χ2n) is 3.45. The molecule has 0 aromatic carbocycles. The van der Waals surface area contributed by atoms with Gasteiger partial charge in [0.15, 0.2) is 0 Å². The summed E-state index contributed by atoms with van der Waals surface area (Å²) >= 11 is 0. The molecule has 0 aromatic heterocycles. The van der Waals surface area contributed by atoms with Crippen LogP contribution in [0.1, 0.15) is 26.7 Å². The maximum absolute atomic E-state index is 8.74.